The number of thiophene rings is 1. The van der Waals surface area contributed by atoms with E-state index in [0.717, 1.165) is 4.88 Å². The molecule has 0 saturated carbocycles. The van der Waals surface area contributed by atoms with Crippen molar-refractivity contribution in [2.45, 2.75) is 0 Å². The van der Waals surface area contributed by atoms with Crippen molar-refractivity contribution in [3.8, 4) is 10.7 Å². The number of aromatic amines is 1. The third-order valence-electron chi connectivity index (χ3n) is 2.50. The van der Waals surface area contributed by atoms with E-state index in [-0.39, 0.29) is 0 Å². The Hall–Kier alpha value is -1.99. The van der Waals surface area contributed by atoms with Crippen molar-refractivity contribution in [2.75, 3.05) is 7.11 Å². The van der Waals surface area contributed by atoms with Crippen LogP contribution in [0.4, 0.5) is 0 Å². The van der Waals surface area contributed by atoms with Crippen LogP contribution in [0.1, 0.15) is 10.4 Å². The average Bonchev–Trinajstić information content (AvgIpc) is 3.06. The van der Waals surface area contributed by atoms with Crippen LogP contribution in [0.25, 0.3) is 21.7 Å². The molecule has 96 valence electrons. The summed E-state index contributed by atoms with van der Waals surface area (Å²) in [5, 5.41) is 8.57. The number of esters is 1. The van der Waals surface area contributed by atoms with Gasteiger partial charge in [0.1, 0.15) is 11.0 Å². The summed E-state index contributed by atoms with van der Waals surface area (Å²) in [7, 11) is 1.34. The topological polar surface area (TPSA) is 80.8 Å². The van der Waals surface area contributed by atoms with Gasteiger partial charge in [-0.2, -0.15) is 5.10 Å². The first-order valence-electron chi connectivity index (χ1n) is 5.23. The summed E-state index contributed by atoms with van der Waals surface area (Å²) < 4.78 is 4.65. The van der Waals surface area contributed by atoms with Crippen LogP contribution in [0.3, 0.4) is 0 Å². The molecule has 0 aliphatic carbocycles. The van der Waals surface area contributed by atoms with Crippen molar-refractivity contribution < 1.29 is 9.53 Å². The van der Waals surface area contributed by atoms with E-state index in [1.54, 1.807) is 17.6 Å². The molecule has 1 N–H and O–H groups in total. The third-order valence-corrected chi connectivity index (χ3v) is 3.70. The van der Waals surface area contributed by atoms with Crippen molar-refractivity contribution in [3.05, 3.63) is 28.4 Å². The van der Waals surface area contributed by atoms with E-state index < -0.39 is 5.97 Å². The molecule has 0 aliphatic rings. The number of nitrogens with zero attached hydrogens (tertiary/aromatic N) is 3. The van der Waals surface area contributed by atoms with Gasteiger partial charge in [-0.1, -0.05) is 11.6 Å². The number of halogens is 1. The van der Waals surface area contributed by atoms with Gasteiger partial charge in [0.15, 0.2) is 11.0 Å². The Morgan fingerprint density at radius 2 is 2.32 bits per heavy atom. The fourth-order valence-corrected chi connectivity index (χ4v) is 2.62. The van der Waals surface area contributed by atoms with Crippen LogP contribution >= 0.6 is 22.9 Å². The molecule has 3 rings (SSSR count). The quantitative estimate of drug-likeness (QED) is 0.580. The number of hydrogen-bond donors (Lipinski definition) is 1. The van der Waals surface area contributed by atoms with Gasteiger partial charge in [-0.15, -0.1) is 11.3 Å². The maximum absolute atomic E-state index is 11.4. The number of fused-ring (bicyclic) bond motifs is 1. The fraction of sp³-hybridized carbons (Fsp3) is 0.0909. The highest BCUT2D eigenvalue weighted by Gasteiger charge is 2.14. The Morgan fingerprint density at radius 3 is 3.11 bits per heavy atom. The van der Waals surface area contributed by atoms with Crippen molar-refractivity contribution in [2.24, 2.45) is 0 Å². The maximum Gasteiger partial charge on any atom is 0.338 e. The number of hydrogen-bond acceptors (Lipinski definition) is 6. The molecule has 19 heavy (non-hydrogen) atoms. The summed E-state index contributed by atoms with van der Waals surface area (Å²) in [6.45, 7) is 0. The summed E-state index contributed by atoms with van der Waals surface area (Å²) in [5.74, 6) is 0.0667. The standard InChI is InChI=1S/C11H7ClN4O2S/c1-18-11(17)5-2-7(19-4-5)10-14-6-3-13-16-8(6)9(12)15-10/h2-4H,1H3,(H,13,16). The molecule has 0 fully saturated rings. The van der Waals surface area contributed by atoms with Gasteiger partial charge in [0.25, 0.3) is 0 Å². The monoisotopic (exact) mass is 294 g/mol. The van der Waals surface area contributed by atoms with Gasteiger partial charge in [-0.25, -0.2) is 14.8 Å². The molecule has 6 nitrogen and oxygen atoms in total. The van der Waals surface area contributed by atoms with Crippen LogP contribution in [0.2, 0.25) is 5.15 Å². The summed E-state index contributed by atoms with van der Waals surface area (Å²) in [5.41, 5.74) is 1.69. The Bertz CT molecular complexity index is 767. The number of carbonyl (C=O) groups excluding carboxylic acids is 1. The predicted molar refractivity (Wildman–Crippen MR) is 71.3 cm³/mol. The first-order valence-corrected chi connectivity index (χ1v) is 6.48. The molecule has 0 spiro atoms. The number of rotatable bonds is 2. The van der Waals surface area contributed by atoms with Crippen LogP contribution in [0, 0.1) is 0 Å². The molecule has 3 heterocycles. The number of H-pyrrole nitrogens is 1. The van der Waals surface area contributed by atoms with Crippen LogP contribution in [0.15, 0.2) is 17.6 Å². The molecule has 3 aromatic heterocycles. The lowest BCUT2D eigenvalue weighted by atomic mass is 10.3. The van der Waals surface area contributed by atoms with E-state index in [1.165, 1.54) is 18.4 Å². The molecule has 3 aromatic rings. The van der Waals surface area contributed by atoms with Crippen LogP contribution in [-0.2, 0) is 4.74 Å². The first kappa shape index (κ1) is 12.1. The Balaban J connectivity index is 2.08. The molecule has 0 atom stereocenters. The summed E-state index contributed by atoms with van der Waals surface area (Å²) in [6.07, 6.45) is 1.57. The second kappa shape index (κ2) is 4.60. The highest BCUT2D eigenvalue weighted by atomic mass is 35.5. The van der Waals surface area contributed by atoms with Gasteiger partial charge in [0.05, 0.1) is 23.7 Å². The Kier molecular flexibility index (Phi) is 2.92. The zero-order chi connectivity index (χ0) is 13.4. The Labute approximate surface area is 116 Å². The smallest absolute Gasteiger partial charge is 0.338 e. The number of nitrogens with one attached hydrogen (secondary N) is 1. The Morgan fingerprint density at radius 1 is 1.47 bits per heavy atom. The molecule has 0 aliphatic heterocycles. The van der Waals surface area contributed by atoms with Gasteiger partial charge in [0, 0.05) is 5.38 Å². The van der Waals surface area contributed by atoms with Crippen LogP contribution in [0.5, 0.6) is 0 Å². The minimum atomic E-state index is -0.391. The molecular formula is C11H7ClN4O2S. The highest BCUT2D eigenvalue weighted by Crippen LogP contribution is 2.28. The van der Waals surface area contributed by atoms with E-state index in [2.05, 4.69) is 24.9 Å². The lowest BCUT2D eigenvalue weighted by Gasteiger charge is -1.98. The molecule has 0 bridgehead atoms. The normalized spacial score (nSPS) is 10.8. The zero-order valence-corrected chi connectivity index (χ0v) is 11.2. The van der Waals surface area contributed by atoms with Gasteiger partial charge in [-0.05, 0) is 6.07 Å². The third kappa shape index (κ3) is 2.06. The van der Waals surface area contributed by atoms with Crippen molar-refractivity contribution in [1.29, 1.82) is 0 Å². The van der Waals surface area contributed by atoms with Crippen molar-refractivity contribution >= 4 is 39.9 Å². The number of ether oxygens (including phenoxy) is 1. The number of methoxy groups -OCH3 is 1. The average molecular weight is 295 g/mol. The molecule has 0 saturated heterocycles. The molecule has 0 radical (unpaired) electrons. The second-order valence-electron chi connectivity index (χ2n) is 3.66. The van der Waals surface area contributed by atoms with Crippen molar-refractivity contribution in [1.82, 2.24) is 20.2 Å². The van der Waals surface area contributed by atoms with Crippen molar-refractivity contribution in [3.63, 3.8) is 0 Å². The molecule has 8 heteroatoms. The largest absolute Gasteiger partial charge is 0.465 e. The molecule has 0 unspecified atom stereocenters. The lowest BCUT2D eigenvalue weighted by Crippen LogP contribution is -1.98. The number of carbonyl (C=O) groups is 1. The lowest BCUT2D eigenvalue weighted by molar-refractivity contribution is 0.0601. The highest BCUT2D eigenvalue weighted by molar-refractivity contribution is 7.13. The van der Waals surface area contributed by atoms with E-state index in [9.17, 15) is 4.79 Å². The molecular weight excluding hydrogens is 288 g/mol. The van der Waals surface area contributed by atoms with Crippen LogP contribution in [-0.4, -0.2) is 33.2 Å². The van der Waals surface area contributed by atoms with E-state index >= 15 is 0 Å². The van der Waals surface area contributed by atoms with E-state index in [1.807, 2.05) is 0 Å². The van der Waals surface area contributed by atoms with Crippen LogP contribution < -0.4 is 0 Å². The second-order valence-corrected chi connectivity index (χ2v) is 4.93. The first-order chi connectivity index (χ1) is 9.19. The molecule has 0 amide bonds. The maximum atomic E-state index is 11.4. The SMILES string of the molecule is COC(=O)c1csc(-c2nc(Cl)c3[nH]ncc3n2)c1. The summed E-state index contributed by atoms with van der Waals surface area (Å²) in [4.78, 5) is 20.7. The minimum Gasteiger partial charge on any atom is -0.465 e. The van der Waals surface area contributed by atoms with E-state index in [4.69, 9.17) is 11.6 Å². The minimum absolute atomic E-state index is 0.297. The van der Waals surface area contributed by atoms with Gasteiger partial charge < -0.3 is 4.74 Å². The summed E-state index contributed by atoms with van der Waals surface area (Å²) in [6, 6.07) is 1.67. The number of aromatic nitrogens is 4. The zero-order valence-electron chi connectivity index (χ0n) is 9.68. The van der Waals surface area contributed by atoms with Gasteiger partial charge >= 0.3 is 5.97 Å². The molecule has 0 aromatic carbocycles. The van der Waals surface area contributed by atoms with Gasteiger partial charge in [-0.3, -0.25) is 5.10 Å². The predicted octanol–water partition coefficient (Wildman–Crippen LogP) is 2.52. The van der Waals surface area contributed by atoms with Gasteiger partial charge in [0.2, 0.25) is 0 Å². The van der Waals surface area contributed by atoms with E-state index in [0.29, 0.717) is 27.6 Å². The summed E-state index contributed by atoms with van der Waals surface area (Å²) >= 11 is 7.39. The fourth-order valence-electron chi connectivity index (χ4n) is 1.59.